The first kappa shape index (κ1) is 15.9. The number of carbonyl (C=O) groups excluding carboxylic acids is 1. The van der Waals surface area contributed by atoms with Crippen LogP contribution in [0.15, 0.2) is 23.1 Å². The van der Waals surface area contributed by atoms with Gasteiger partial charge in [0.1, 0.15) is 10.7 Å². The van der Waals surface area contributed by atoms with Crippen LogP contribution in [0, 0.1) is 5.82 Å². The van der Waals surface area contributed by atoms with Crippen molar-refractivity contribution >= 4 is 15.9 Å². The van der Waals surface area contributed by atoms with Gasteiger partial charge in [-0.25, -0.2) is 17.9 Å². The smallest absolute Gasteiger partial charge is 0.251 e. The number of nitrogens with two attached hydrogens (primary N) is 1. The average Bonchev–Trinajstić information content (AvgIpc) is 2.91. The minimum atomic E-state index is -4.21. The number of ether oxygens (including phenoxy) is 1. The van der Waals surface area contributed by atoms with Crippen LogP contribution in [0.1, 0.15) is 30.1 Å². The summed E-state index contributed by atoms with van der Waals surface area (Å²) in [6, 6.07) is 2.83. The molecule has 0 bridgehead atoms. The lowest BCUT2D eigenvalue weighted by atomic mass is 10.1. The summed E-state index contributed by atoms with van der Waals surface area (Å²) in [5, 5.41) is 7.62. The van der Waals surface area contributed by atoms with Gasteiger partial charge in [-0.3, -0.25) is 4.79 Å². The van der Waals surface area contributed by atoms with Crippen LogP contribution in [0.3, 0.4) is 0 Å². The first-order chi connectivity index (χ1) is 9.79. The van der Waals surface area contributed by atoms with Crippen molar-refractivity contribution in [1.82, 2.24) is 5.32 Å². The second-order valence-electron chi connectivity index (χ2n) is 5.00. The molecule has 0 saturated carbocycles. The summed E-state index contributed by atoms with van der Waals surface area (Å²) in [4.78, 5) is 11.4. The molecule has 0 radical (unpaired) electrons. The molecule has 0 aliphatic carbocycles. The SMILES string of the molecule is CC(NC(=O)c1ccc(F)c(S(N)(=O)=O)c1)C1CCCO1. The molecule has 1 aliphatic rings. The third kappa shape index (κ3) is 3.78. The highest BCUT2D eigenvalue weighted by Crippen LogP contribution is 2.17. The largest absolute Gasteiger partial charge is 0.376 e. The molecule has 2 rings (SSSR count). The summed E-state index contributed by atoms with van der Waals surface area (Å²) < 4.78 is 41.4. The molecule has 1 aromatic rings. The summed E-state index contributed by atoms with van der Waals surface area (Å²) >= 11 is 0. The zero-order valence-electron chi connectivity index (χ0n) is 11.5. The summed E-state index contributed by atoms with van der Waals surface area (Å²) in [6.07, 6.45) is 1.73. The van der Waals surface area contributed by atoms with E-state index in [1.54, 1.807) is 6.92 Å². The standard InChI is InChI=1S/C13H17FN2O4S/c1-8(11-3-2-6-20-11)16-13(17)9-4-5-10(14)12(7-9)21(15,18)19/h4-5,7-8,11H,2-3,6H2,1H3,(H,16,17)(H2,15,18,19). The normalized spacial score (nSPS) is 20.2. The van der Waals surface area contributed by atoms with Gasteiger partial charge in [0.2, 0.25) is 10.0 Å². The lowest BCUT2D eigenvalue weighted by Gasteiger charge is -2.20. The Hall–Kier alpha value is -1.51. The van der Waals surface area contributed by atoms with E-state index >= 15 is 0 Å². The molecule has 0 aromatic heterocycles. The Bertz CT molecular complexity index is 642. The summed E-state index contributed by atoms with van der Waals surface area (Å²) in [5.41, 5.74) is 0.0327. The first-order valence-corrected chi connectivity index (χ1v) is 8.08. The molecule has 2 atom stereocenters. The van der Waals surface area contributed by atoms with E-state index in [2.05, 4.69) is 5.32 Å². The molecule has 3 N–H and O–H groups in total. The number of hydrogen-bond acceptors (Lipinski definition) is 4. The summed E-state index contributed by atoms with van der Waals surface area (Å²) in [7, 11) is -4.21. The Morgan fingerprint density at radius 3 is 2.81 bits per heavy atom. The highest BCUT2D eigenvalue weighted by Gasteiger charge is 2.25. The number of benzene rings is 1. The number of sulfonamides is 1. The molecule has 0 spiro atoms. The monoisotopic (exact) mass is 316 g/mol. The number of nitrogens with one attached hydrogen (secondary N) is 1. The van der Waals surface area contributed by atoms with E-state index in [1.165, 1.54) is 6.07 Å². The highest BCUT2D eigenvalue weighted by molar-refractivity contribution is 7.89. The maximum atomic E-state index is 13.4. The van der Waals surface area contributed by atoms with Gasteiger partial charge in [-0.15, -0.1) is 0 Å². The van der Waals surface area contributed by atoms with Crippen molar-refractivity contribution in [2.24, 2.45) is 5.14 Å². The maximum absolute atomic E-state index is 13.4. The first-order valence-electron chi connectivity index (χ1n) is 6.54. The van der Waals surface area contributed by atoms with E-state index < -0.39 is 26.6 Å². The number of primary sulfonamides is 1. The predicted octanol–water partition coefficient (Wildman–Crippen LogP) is 0.770. The number of amides is 1. The van der Waals surface area contributed by atoms with Gasteiger partial charge in [0.25, 0.3) is 5.91 Å². The lowest BCUT2D eigenvalue weighted by Crippen LogP contribution is -2.40. The molecule has 116 valence electrons. The Morgan fingerprint density at radius 1 is 1.52 bits per heavy atom. The molecule has 1 fully saturated rings. The zero-order chi connectivity index (χ0) is 15.6. The Kier molecular flexibility index (Phi) is 4.60. The molecule has 1 heterocycles. The molecule has 1 saturated heterocycles. The van der Waals surface area contributed by atoms with Gasteiger partial charge in [0, 0.05) is 12.2 Å². The van der Waals surface area contributed by atoms with Crippen molar-refractivity contribution in [3.8, 4) is 0 Å². The Labute approximate surface area is 122 Å². The molecule has 1 aromatic carbocycles. The van der Waals surface area contributed by atoms with Crippen LogP contribution in [0.25, 0.3) is 0 Å². The van der Waals surface area contributed by atoms with Crippen LogP contribution >= 0.6 is 0 Å². The van der Waals surface area contributed by atoms with Crippen molar-refractivity contribution in [2.75, 3.05) is 6.61 Å². The van der Waals surface area contributed by atoms with Crippen LogP contribution in [-0.4, -0.2) is 33.1 Å². The van der Waals surface area contributed by atoms with Gasteiger partial charge in [-0.05, 0) is 38.0 Å². The predicted molar refractivity (Wildman–Crippen MR) is 73.7 cm³/mol. The van der Waals surface area contributed by atoms with E-state index in [0.717, 1.165) is 25.0 Å². The highest BCUT2D eigenvalue weighted by atomic mass is 32.2. The van der Waals surface area contributed by atoms with Crippen molar-refractivity contribution < 1.29 is 22.3 Å². The topological polar surface area (TPSA) is 98.5 Å². The minimum absolute atomic E-state index is 0.0327. The molecule has 21 heavy (non-hydrogen) atoms. The van der Waals surface area contributed by atoms with Crippen molar-refractivity contribution in [2.45, 2.75) is 36.8 Å². The fraction of sp³-hybridized carbons (Fsp3) is 0.462. The number of halogens is 1. The van der Waals surface area contributed by atoms with Crippen LogP contribution in [0.5, 0.6) is 0 Å². The lowest BCUT2D eigenvalue weighted by molar-refractivity contribution is 0.0712. The van der Waals surface area contributed by atoms with Crippen molar-refractivity contribution in [3.63, 3.8) is 0 Å². The van der Waals surface area contributed by atoms with Gasteiger partial charge in [0.15, 0.2) is 0 Å². The molecule has 1 aliphatic heterocycles. The summed E-state index contributed by atoms with van der Waals surface area (Å²) in [6.45, 7) is 2.47. The fourth-order valence-electron chi connectivity index (χ4n) is 2.24. The maximum Gasteiger partial charge on any atom is 0.251 e. The van der Waals surface area contributed by atoms with Gasteiger partial charge >= 0.3 is 0 Å². The molecule has 1 amide bonds. The summed E-state index contributed by atoms with van der Waals surface area (Å²) in [5.74, 6) is -1.48. The van der Waals surface area contributed by atoms with Gasteiger partial charge < -0.3 is 10.1 Å². The van der Waals surface area contributed by atoms with Crippen LogP contribution < -0.4 is 10.5 Å². The number of carbonyl (C=O) groups is 1. The average molecular weight is 316 g/mol. The molecule has 6 nitrogen and oxygen atoms in total. The molecule has 8 heteroatoms. The number of hydrogen-bond donors (Lipinski definition) is 2. The number of rotatable bonds is 4. The van der Waals surface area contributed by atoms with E-state index in [0.29, 0.717) is 6.61 Å². The third-order valence-electron chi connectivity index (χ3n) is 3.38. The van der Waals surface area contributed by atoms with E-state index in [1.807, 2.05) is 0 Å². The quantitative estimate of drug-likeness (QED) is 0.857. The van der Waals surface area contributed by atoms with Gasteiger partial charge in [0.05, 0.1) is 12.1 Å². The second kappa shape index (κ2) is 6.08. The van der Waals surface area contributed by atoms with Gasteiger partial charge in [-0.1, -0.05) is 0 Å². The van der Waals surface area contributed by atoms with Gasteiger partial charge in [-0.2, -0.15) is 0 Å². The van der Waals surface area contributed by atoms with E-state index in [9.17, 15) is 17.6 Å². The van der Waals surface area contributed by atoms with Crippen LogP contribution in [-0.2, 0) is 14.8 Å². The zero-order valence-corrected chi connectivity index (χ0v) is 12.3. The fourth-order valence-corrected chi connectivity index (χ4v) is 2.87. The van der Waals surface area contributed by atoms with E-state index in [-0.39, 0.29) is 17.7 Å². The molecular formula is C13H17FN2O4S. The van der Waals surface area contributed by atoms with Crippen LogP contribution in [0.4, 0.5) is 4.39 Å². The van der Waals surface area contributed by atoms with E-state index in [4.69, 9.17) is 9.88 Å². The Morgan fingerprint density at radius 2 is 2.24 bits per heavy atom. The molecule has 2 unspecified atom stereocenters. The van der Waals surface area contributed by atoms with Crippen LogP contribution in [0.2, 0.25) is 0 Å². The Balaban J connectivity index is 2.16. The minimum Gasteiger partial charge on any atom is -0.376 e. The molecular weight excluding hydrogens is 299 g/mol. The second-order valence-corrected chi connectivity index (χ2v) is 6.53. The van der Waals surface area contributed by atoms with Crippen molar-refractivity contribution in [3.05, 3.63) is 29.6 Å². The van der Waals surface area contributed by atoms with Crippen molar-refractivity contribution in [1.29, 1.82) is 0 Å². The third-order valence-corrected chi connectivity index (χ3v) is 4.31.